The molecule has 1 unspecified atom stereocenters. The van der Waals surface area contributed by atoms with Gasteiger partial charge in [0, 0.05) is 4.47 Å². The van der Waals surface area contributed by atoms with Crippen LogP contribution in [0, 0.1) is 0 Å². The van der Waals surface area contributed by atoms with Crippen LogP contribution in [0.25, 0.3) is 0 Å². The first kappa shape index (κ1) is 12.1. The smallest absolute Gasteiger partial charge is 0.365 e. The molecule has 0 aliphatic carbocycles. The van der Waals surface area contributed by atoms with Crippen molar-refractivity contribution < 1.29 is 14.7 Å². The van der Waals surface area contributed by atoms with Crippen molar-refractivity contribution in [1.29, 1.82) is 0 Å². The summed E-state index contributed by atoms with van der Waals surface area (Å²) >= 11 is 3.74. The van der Waals surface area contributed by atoms with Crippen molar-refractivity contribution in [3.05, 3.63) is 34.3 Å². The lowest BCUT2D eigenvalue weighted by Crippen LogP contribution is -2.19. The molecule has 1 aromatic carbocycles. The third-order valence-corrected chi connectivity index (χ3v) is 3.12. The van der Waals surface area contributed by atoms with Crippen molar-refractivity contribution in [2.45, 2.75) is 5.25 Å². The van der Waals surface area contributed by atoms with Crippen molar-refractivity contribution >= 4 is 38.9 Å². The van der Waals surface area contributed by atoms with Gasteiger partial charge in [-0.05, 0) is 29.5 Å². The fourth-order valence-corrected chi connectivity index (χ4v) is 1.90. The summed E-state index contributed by atoms with van der Waals surface area (Å²) in [4.78, 5) is 21.5. The lowest BCUT2D eigenvalue weighted by Gasteiger charge is -2.10. The van der Waals surface area contributed by atoms with Gasteiger partial charge in [-0.3, -0.25) is 4.79 Å². The maximum absolute atomic E-state index is 11.0. The van der Waals surface area contributed by atoms with Crippen molar-refractivity contribution in [2.75, 3.05) is 0 Å². The lowest BCUT2D eigenvalue weighted by atomic mass is 10.1. The number of thioether (sulfide) groups is 1. The minimum absolute atomic E-state index is 0.493. The molecule has 3 N–H and O–H groups in total. The number of benzene rings is 1. The summed E-state index contributed by atoms with van der Waals surface area (Å²) in [5.74, 6) is -0.662. The van der Waals surface area contributed by atoms with Gasteiger partial charge < -0.3 is 10.8 Å². The van der Waals surface area contributed by atoms with E-state index >= 15 is 0 Å². The van der Waals surface area contributed by atoms with E-state index in [-0.39, 0.29) is 0 Å². The second kappa shape index (κ2) is 5.18. The molecule has 80 valence electrons. The normalized spacial score (nSPS) is 12.1. The number of carbonyl (C=O) groups is 2. The Hall–Kier alpha value is -1.01. The summed E-state index contributed by atoms with van der Waals surface area (Å²) in [5.41, 5.74) is 5.70. The first-order valence-corrected chi connectivity index (χ1v) is 5.62. The number of carboxylic acid groups (broad SMARTS) is 1. The van der Waals surface area contributed by atoms with Crippen LogP contribution in [0.5, 0.6) is 0 Å². The van der Waals surface area contributed by atoms with Crippen molar-refractivity contribution in [3.63, 3.8) is 0 Å². The predicted molar refractivity (Wildman–Crippen MR) is 61.7 cm³/mol. The molecule has 1 atom stereocenters. The minimum atomic E-state index is -1.12. The van der Waals surface area contributed by atoms with Crippen LogP contribution in [0.3, 0.4) is 0 Å². The van der Waals surface area contributed by atoms with E-state index in [0.29, 0.717) is 17.3 Å². The van der Waals surface area contributed by atoms with E-state index in [2.05, 4.69) is 15.9 Å². The molecule has 1 aromatic rings. The third-order valence-electron chi connectivity index (χ3n) is 1.65. The second-order valence-corrected chi connectivity index (χ2v) is 4.69. The number of nitrogens with two attached hydrogens (primary N) is 1. The van der Waals surface area contributed by atoms with Crippen molar-refractivity contribution in [2.24, 2.45) is 5.73 Å². The van der Waals surface area contributed by atoms with Crippen LogP contribution in [0.1, 0.15) is 10.8 Å². The molecule has 0 saturated carbocycles. The molecule has 1 amide bonds. The topological polar surface area (TPSA) is 80.4 Å². The first-order chi connectivity index (χ1) is 7.00. The average molecular weight is 290 g/mol. The van der Waals surface area contributed by atoms with Crippen LogP contribution in [-0.2, 0) is 4.79 Å². The number of carbonyl (C=O) groups excluding carboxylic acids is 1. The minimum Gasteiger partial charge on any atom is -0.473 e. The van der Waals surface area contributed by atoms with Gasteiger partial charge in [-0.25, -0.2) is 4.79 Å². The Bertz CT molecular complexity index is 379. The van der Waals surface area contributed by atoms with Crippen LogP contribution in [0.2, 0.25) is 0 Å². The highest BCUT2D eigenvalue weighted by atomic mass is 79.9. The van der Waals surface area contributed by atoms with Gasteiger partial charge in [-0.2, -0.15) is 0 Å². The van der Waals surface area contributed by atoms with Gasteiger partial charge in [0.1, 0.15) is 5.25 Å². The largest absolute Gasteiger partial charge is 0.473 e. The molecule has 0 aliphatic rings. The molecular formula is C9H8BrNO3S. The maximum Gasteiger partial charge on any atom is 0.365 e. The van der Waals surface area contributed by atoms with Gasteiger partial charge in [0.15, 0.2) is 0 Å². The quantitative estimate of drug-likeness (QED) is 0.895. The van der Waals surface area contributed by atoms with Gasteiger partial charge in [0.25, 0.3) is 0 Å². The van der Waals surface area contributed by atoms with Crippen LogP contribution in [-0.4, -0.2) is 16.3 Å². The maximum atomic E-state index is 11.0. The molecule has 0 bridgehead atoms. The average Bonchev–Trinajstić information content (AvgIpc) is 2.15. The fraction of sp³-hybridized carbons (Fsp3) is 0.111. The highest BCUT2D eigenvalue weighted by molar-refractivity contribution is 9.10. The van der Waals surface area contributed by atoms with Gasteiger partial charge in [-0.15, -0.1) is 0 Å². The molecule has 0 fully saturated rings. The molecule has 6 heteroatoms. The standard InChI is InChI=1S/C9H8BrNO3S/c10-6-3-1-5(2-4-6)7(8(11)12)15-9(13)14/h1-4,7H,(H2,11,12)(H,13,14). The molecule has 4 nitrogen and oxygen atoms in total. The second-order valence-electron chi connectivity index (χ2n) is 2.72. The molecule has 0 radical (unpaired) electrons. The molecule has 0 aromatic heterocycles. The van der Waals surface area contributed by atoms with E-state index in [0.717, 1.165) is 4.47 Å². The zero-order valence-electron chi connectivity index (χ0n) is 7.51. The Labute approximate surface area is 99.0 Å². The Balaban J connectivity index is 2.94. The van der Waals surface area contributed by atoms with E-state index in [9.17, 15) is 9.59 Å². The summed E-state index contributed by atoms with van der Waals surface area (Å²) in [6, 6.07) is 6.78. The van der Waals surface area contributed by atoms with Crippen LogP contribution in [0.15, 0.2) is 28.7 Å². The first-order valence-electron chi connectivity index (χ1n) is 3.95. The SMILES string of the molecule is NC(=O)C(SC(=O)O)c1ccc(Br)cc1. The Kier molecular flexibility index (Phi) is 4.16. The van der Waals surface area contributed by atoms with E-state index in [1.54, 1.807) is 24.3 Å². The fourth-order valence-electron chi connectivity index (χ4n) is 1.03. The number of hydrogen-bond acceptors (Lipinski definition) is 3. The highest BCUT2D eigenvalue weighted by Crippen LogP contribution is 2.29. The molecule has 1 rings (SSSR count). The monoisotopic (exact) mass is 289 g/mol. The molecule has 0 aliphatic heterocycles. The van der Waals surface area contributed by atoms with E-state index in [1.807, 2.05) is 0 Å². The summed E-state index contributed by atoms with van der Waals surface area (Å²) in [7, 11) is 0. The Morgan fingerprint density at radius 2 is 1.87 bits per heavy atom. The van der Waals surface area contributed by atoms with Crippen molar-refractivity contribution in [1.82, 2.24) is 0 Å². The highest BCUT2D eigenvalue weighted by Gasteiger charge is 2.21. The van der Waals surface area contributed by atoms with Gasteiger partial charge >= 0.3 is 5.30 Å². The van der Waals surface area contributed by atoms with E-state index in [4.69, 9.17) is 10.8 Å². The molecular weight excluding hydrogens is 282 g/mol. The van der Waals surface area contributed by atoms with Crippen LogP contribution >= 0.6 is 27.7 Å². The molecule has 15 heavy (non-hydrogen) atoms. The van der Waals surface area contributed by atoms with Crippen molar-refractivity contribution in [3.8, 4) is 0 Å². The Morgan fingerprint density at radius 3 is 2.27 bits per heavy atom. The predicted octanol–water partition coefficient (Wildman–Crippen LogP) is 2.39. The van der Waals surface area contributed by atoms with E-state index < -0.39 is 16.5 Å². The molecule has 0 heterocycles. The van der Waals surface area contributed by atoms with E-state index in [1.165, 1.54) is 0 Å². The number of halogens is 1. The molecule has 0 saturated heterocycles. The summed E-state index contributed by atoms with van der Waals surface area (Å²) in [6.07, 6.45) is 0. The Morgan fingerprint density at radius 1 is 1.33 bits per heavy atom. The zero-order chi connectivity index (χ0) is 11.4. The third kappa shape index (κ3) is 3.56. The summed E-state index contributed by atoms with van der Waals surface area (Å²) in [5, 5.41) is 6.62. The zero-order valence-corrected chi connectivity index (χ0v) is 9.92. The number of rotatable bonds is 3. The number of hydrogen-bond donors (Lipinski definition) is 2. The van der Waals surface area contributed by atoms with Crippen LogP contribution in [0.4, 0.5) is 4.79 Å². The number of amides is 1. The summed E-state index contributed by atoms with van der Waals surface area (Å²) in [6.45, 7) is 0. The number of primary amides is 1. The summed E-state index contributed by atoms with van der Waals surface area (Å²) < 4.78 is 0.856. The van der Waals surface area contributed by atoms with Crippen LogP contribution < -0.4 is 5.73 Å². The van der Waals surface area contributed by atoms with Gasteiger partial charge in [0.2, 0.25) is 5.91 Å². The molecule has 0 spiro atoms. The van der Waals surface area contributed by atoms with Gasteiger partial charge in [0.05, 0.1) is 0 Å². The van der Waals surface area contributed by atoms with Gasteiger partial charge in [-0.1, -0.05) is 28.1 Å². The lowest BCUT2D eigenvalue weighted by molar-refractivity contribution is -0.117.